The highest BCUT2D eigenvalue weighted by atomic mass is 16.2. The minimum Gasteiger partial charge on any atom is -0.359 e. The largest absolute Gasteiger partial charge is 0.359 e. The fourth-order valence-electron chi connectivity index (χ4n) is 2.72. The maximum absolute atomic E-state index is 12.3. The lowest BCUT2D eigenvalue weighted by atomic mass is 9.87. The zero-order valence-electron chi connectivity index (χ0n) is 11.2. The molecular weight excluding hydrogens is 230 g/mol. The molecule has 0 aliphatic carbocycles. The number of carbonyl (C=O) groups excluding carboxylic acids is 2. The average Bonchev–Trinajstić information content (AvgIpc) is 2.35. The van der Waals surface area contributed by atoms with Crippen molar-refractivity contribution in [2.24, 2.45) is 17.8 Å². The molecule has 2 rings (SSSR count). The van der Waals surface area contributed by atoms with Gasteiger partial charge in [-0.1, -0.05) is 6.92 Å². The molecule has 1 unspecified atom stereocenters. The summed E-state index contributed by atoms with van der Waals surface area (Å²) in [5.74, 6) is 1.06. The van der Waals surface area contributed by atoms with Gasteiger partial charge in [0.05, 0.1) is 0 Å². The van der Waals surface area contributed by atoms with Gasteiger partial charge in [-0.05, 0) is 31.8 Å². The third-order valence-corrected chi connectivity index (χ3v) is 4.33. The molecule has 0 bridgehead atoms. The van der Waals surface area contributed by atoms with Crippen LogP contribution in [0.15, 0.2) is 0 Å². The van der Waals surface area contributed by atoms with E-state index in [1.165, 1.54) is 0 Å². The van der Waals surface area contributed by atoms with Gasteiger partial charge >= 0.3 is 0 Å². The van der Waals surface area contributed by atoms with E-state index in [4.69, 9.17) is 0 Å². The molecule has 2 N–H and O–H groups in total. The Balaban J connectivity index is 1.81. The van der Waals surface area contributed by atoms with Crippen LogP contribution in [0.25, 0.3) is 0 Å². The van der Waals surface area contributed by atoms with Crippen molar-refractivity contribution < 1.29 is 9.59 Å². The smallest absolute Gasteiger partial charge is 0.225 e. The molecule has 2 fully saturated rings. The van der Waals surface area contributed by atoms with Crippen molar-refractivity contribution in [1.29, 1.82) is 0 Å². The minimum absolute atomic E-state index is 0.0831. The van der Waals surface area contributed by atoms with Gasteiger partial charge in [0.25, 0.3) is 0 Å². The lowest BCUT2D eigenvalue weighted by Crippen LogP contribution is -2.52. The zero-order chi connectivity index (χ0) is 13.1. The van der Waals surface area contributed by atoms with Gasteiger partial charge in [0.15, 0.2) is 0 Å². The summed E-state index contributed by atoms with van der Waals surface area (Å²) in [6.07, 6.45) is 1.59. The molecule has 102 valence electrons. The van der Waals surface area contributed by atoms with Crippen molar-refractivity contribution in [2.45, 2.75) is 19.8 Å². The first kappa shape index (κ1) is 13.3. The van der Waals surface area contributed by atoms with Gasteiger partial charge in [-0.15, -0.1) is 0 Å². The number of likely N-dealkylation sites (tertiary alicyclic amines) is 1. The van der Waals surface area contributed by atoms with Crippen LogP contribution >= 0.6 is 0 Å². The van der Waals surface area contributed by atoms with Gasteiger partial charge < -0.3 is 15.5 Å². The molecule has 0 radical (unpaired) electrons. The molecule has 5 heteroatoms. The number of carbonyl (C=O) groups is 2. The molecule has 1 atom stereocenters. The predicted octanol–water partition coefficient (Wildman–Crippen LogP) is -0.173. The summed E-state index contributed by atoms with van der Waals surface area (Å²) in [4.78, 5) is 25.7. The molecule has 0 aromatic carbocycles. The second-order valence-corrected chi connectivity index (χ2v) is 5.42. The Morgan fingerprint density at radius 2 is 1.89 bits per heavy atom. The summed E-state index contributed by atoms with van der Waals surface area (Å²) in [7, 11) is 1.67. The van der Waals surface area contributed by atoms with Gasteiger partial charge in [0.1, 0.15) is 0 Å². The molecule has 5 nitrogen and oxygen atoms in total. The Hall–Kier alpha value is -1.10. The standard InChI is InChI=1S/C13H23N3O2/c1-9(11-7-15-8-11)13(18)16-5-3-10(4-6-16)12(17)14-2/h9-11,15H,3-8H2,1-2H3,(H,14,17). The van der Waals surface area contributed by atoms with Crippen LogP contribution in [0, 0.1) is 17.8 Å². The van der Waals surface area contributed by atoms with E-state index < -0.39 is 0 Å². The first-order valence-electron chi connectivity index (χ1n) is 6.84. The molecule has 0 saturated carbocycles. The van der Waals surface area contributed by atoms with Gasteiger partial charge in [-0.3, -0.25) is 9.59 Å². The first-order chi connectivity index (χ1) is 8.63. The van der Waals surface area contributed by atoms with Crippen LogP contribution in [0.3, 0.4) is 0 Å². The van der Waals surface area contributed by atoms with Crippen molar-refractivity contribution in [2.75, 3.05) is 33.2 Å². The summed E-state index contributed by atoms with van der Waals surface area (Å²) >= 11 is 0. The topological polar surface area (TPSA) is 61.4 Å². The first-order valence-corrected chi connectivity index (χ1v) is 6.84. The number of nitrogens with one attached hydrogen (secondary N) is 2. The zero-order valence-corrected chi connectivity index (χ0v) is 11.2. The Morgan fingerprint density at radius 1 is 1.28 bits per heavy atom. The molecular formula is C13H23N3O2. The molecule has 0 spiro atoms. The molecule has 0 aromatic rings. The number of amides is 2. The Kier molecular flexibility index (Phi) is 4.22. The summed E-state index contributed by atoms with van der Waals surface area (Å²) in [5.41, 5.74) is 0. The molecule has 2 aliphatic heterocycles. The van der Waals surface area contributed by atoms with Crippen LogP contribution in [-0.2, 0) is 9.59 Å². The van der Waals surface area contributed by atoms with Crippen LogP contribution in [0.2, 0.25) is 0 Å². The number of hydrogen-bond donors (Lipinski definition) is 2. The summed E-state index contributed by atoms with van der Waals surface area (Å²) < 4.78 is 0. The van der Waals surface area contributed by atoms with Crippen molar-refractivity contribution in [1.82, 2.24) is 15.5 Å². The maximum atomic E-state index is 12.3. The van der Waals surface area contributed by atoms with Gasteiger partial charge in [0.2, 0.25) is 11.8 Å². The lowest BCUT2D eigenvalue weighted by Gasteiger charge is -2.37. The second kappa shape index (κ2) is 5.69. The number of hydrogen-bond acceptors (Lipinski definition) is 3. The molecule has 2 amide bonds. The highest BCUT2D eigenvalue weighted by Gasteiger charge is 2.34. The highest BCUT2D eigenvalue weighted by molar-refractivity contribution is 5.81. The normalized spacial score (nSPS) is 23.3. The van der Waals surface area contributed by atoms with Crippen LogP contribution < -0.4 is 10.6 Å². The van der Waals surface area contributed by atoms with Gasteiger partial charge in [0, 0.05) is 32.0 Å². The van der Waals surface area contributed by atoms with Crippen LogP contribution in [0.5, 0.6) is 0 Å². The summed E-state index contributed by atoms with van der Waals surface area (Å²) in [6, 6.07) is 0. The van der Waals surface area contributed by atoms with E-state index >= 15 is 0 Å². The minimum atomic E-state index is 0.0831. The average molecular weight is 253 g/mol. The fraction of sp³-hybridized carbons (Fsp3) is 0.846. The van der Waals surface area contributed by atoms with E-state index in [9.17, 15) is 9.59 Å². The van der Waals surface area contributed by atoms with E-state index in [-0.39, 0.29) is 23.7 Å². The maximum Gasteiger partial charge on any atom is 0.225 e. The molecule has 18 heavy (non-hydrogen) atoms. The fourth-order valence-corrected chi connectivity index (χ4v) is 2.72. The SMILES string of the molecule is CNC(=O)C1CCN(C(=O)C(C)C2CNC2)CC1. The third-order valence-electron chi connectivity index (χ3n) is 4.33. The van der Waals surface area contributed by atoms with Gasteiger partial charge in [-0.2, -0.15) is 0 Å². The predicted molar refractivity (Wildman–Crippen MR) is 68.9 cm³/mol. The van der Waals surface area contributed by atoms with Crippen molar-refractivity contribution in [3.8, 4) is 0 Å². The quantitative estimate of drug-likeness (QED) is 0.734. The van der Waals surface area contributed by atoms with Crippen molar-refractivity contribution in [3.05, 3.63) is 0 Å². The van der Waals surface area contributed by atoms with E-state index in [0.29, 0.717) is 5.92 Å². The van der Waals surface area contributed by atoms with E-state index in [1.807, 2.05) is 11.8 Å². The Morgan fingerprint density at radius 3 is 2.33 bits per heavy atom. The summed E-state index contributed by atoms with van der Waals surface area (Å²) in [5, 5.41) is 5.89. The number of piperidine rings is 1. The molecule has 0 aromatic heterocycles. The highest BCUT2D eigenvalue weighted by Crippen LogP contribution is 2.23. The number of rotatable bonds is 3. The summed E-state index contributed by atoms with van der Waals surface area (Å²) in [6.45, 7) is 5.39. The van der Waals surface area contributed by atoms with Gasteiger partial charge in [-0.25, -0.2) is 0 Å². The van der Waals surface area contributed by atoms with E-state index in [2.05, 4.69) is 10.6 Å². The Bertz CT molecular complexity index is 320. The lowest BCUT2D eigenvalue weighted by molar-refractivity contribution is -0.140. The molecule has 2 saturated heterocycles. The van der Waals surface area contributed by atoms with E-state index in [0.717, 1.165) is 39.0 Å². The van der Waals surface area contributed by atoms with Crippen LogP contribution in [-0.4, -0.2) is 49.9 Å². The van der Waals surface area contributed by atoms with Crippen molar-refractivity contribution >= 4 is 11.8 Å². The molecule has 2 heterocycles. The van der Waals surface area contributed by atoms with Crippen molar-refractivity contribution in [3.63, 3.8) is 0 Å². The van der Waals surface area contributed by atoms with Crippen LogP contribution in [0.4, 0.5) is 0 Å². The number of nitrogens with zero attached hydrogens (tertiary/aromatic N) is 1. The Labute approximate surface area is 108 Å². The van der Waals surface area contributed by atoms with E-state index in [1.54, 1.807) is 7.05 Å². The monoisotopic (exact) mass is 253 g/mol. The second-order valence-electron chi connectivity index (χ2n) is 5.42. The molecule has 2 aliphatic rings. The van der Waals surface area contributed by atoms with Crippen LogP contribution in [0.1, 0.15) is 19.8 Å². The third kappa shape index (κ3) is 2.66.